The zero-order valence-corrected chi connectivity index (χ0v) is 9.87. The summed E-state index contributed by atoms with van der Waals surface area (Å²) in [5.74, 6) is -0.300. The Labute approximate surface area is 99.2 Å². The third kappa shape index (κ3) is 2.08. The molecule has 1 aromatic rings. The molecule has 1 aliphatic heterocycles. The minimum Gasteiger partial charge on any atom is -0.385 e. The Morgan fingerprint density at radius 2 is 2.50 bits per heavy atom. The van der Waals surface area contributed by atoms with Crippen LogP contribution in [0.25, 0.3) is 0 Å². The molecule has 0 saturated carbocycles. The smallest absolute Gasteiger partial charge is 0.235 e. The predicted molar refractivity (Wildman–Crippen MR) is 61.4 cm³/mol. The van der Waals surface area contributed by atoms with Gasteiger partial charge in [-0.3, -0.25) is 4.79 Å². The van der Waals surface area contributed by atoms with Crippen LogP contribution >= 0.6 is 11.6 Å². The van der Waals surface area contributed by atoms with Gasteiger partial charge in [0.1, 0.15) is 12.0 Å². The number of alkyl halides is 1. The molecule has 2 N–H and O–H groups in total. The lowest BCUT2D eigenvalue weighted by molar-refractivity contribution is -0.120. The maximum atomic E-state index is 11.2. The average molecular weight is 243 g/mol. The fourth-order valence-corrected chi connectivity index (χ4v) is 2.24. The summed E-state index contributed by atoms with van der Waals surface area (Å²) in [4.78, 5) is 11.2. The van der Waals surface area contributed by atoms with E-state index in [1.165, 1.54) is 0 Å². The molecule has 0 fully saturated rings. The number of rotatable bonds is 2. The van der Waals surface area contributed by atoms with Crippen LogP contribution in [0.15, 0.2) is 12.3 Å². The van der Waals surface area contributed by atoms with Crippen LogP contribution in [0.5, 0.6) is 0 Å². The highest BCUT2D eigenvalue weighted by Crippen LogP contribution is 2.27. The number of hydrogen-bond donors (Lipinski definition) is 2. The maximum absolute atomic E-state index is 11.2. The Hall–Kier alpha value is -1.00. The van der Waals surface area contributed by atoms with Gasteiger partial charge in [0, 0.05) is 18.4 Å². The fraction of sp³-hybridized carbons (Fsp3) is 0.545. The molecule has 0 saturated heterocycles. The van der Waals surface area contributed by atoms with Crippen molar-refractivity contribution in [2.24, 2.45) is 0 Å². The van der Waals surface area contributed by atoms with Crippen LogP contribution in [0.2, 0.25) is 0 Å². The maximum Gasteiger partial charge on any atom is 0.235 e. The second-order valence-corrected chi connectivity index (χ2v) is 4.44. The molecule has 1 amide bonds. The van der Waals surface area contributed by atoms with Crippen molar-refractivity contribution < 1.29 is 9.90 Å². The summed E-state index contributed by atoms with van der Waals surface area (Å²) in [5, 5.41) is 12.8. The number of carbonyl (C=O) groups excluding carboxylic acids is 1. The van der Waals surface area contributed by atoms with Crippen molar-refractivity contribution in [3.63, 3.8) is 0 Å². The van der Waals surface area contributed by atoms with Gasteiger partial charge >= 0.3 is 0 Å². The number of aliphatic hydroxyl groups is 1. The van der Waals surface area contributed by atoms with Crippen molar-refractivity contribution in [2.45, 2.75) is 32.0 Å². The molecule has 0 bridgehead atoms. The molecule has 0 radical (unpaired) electrons. The zero-order valence-electron chi connectivity index (χ0n) is 9.11. The summed E-state index contributed by atoms with van der Waals surface area (Å²) in [5.41, 5.74) is 1.99. The first-order valence-electron chi connectivity index (χ1n) is 5.32. The third-order valence-corrected chi connectivity index (χ3v) is 3.14. The van der Waals surface area contributed by atoms with Gasteiger partial charge in [-0.2, -0.15) is 0 Å². The van der Waals surface area contributed by atoms with Gasteiger partial charge < -0.3 is 15.0 Å². The van der Waals surface area contributed by atoms with Crippen molar-refractivity contribution >= 4 is 17.5 Å². The number of amides is 1. The molecule has 2 atom stereocenters. The fourth-order valence-electron chi connectivity index (χ4n) is 2.16. The summed E-state index contributed by atoms with van der Waals surface area (Å²) in [6.45, 7) is 2.80. The van der Waals surface area contributed by atoms with Crippen LogP contribution < -0.4 is 5.32 Å². The van der Waals surface area contributed by atoms with E-state index in [9.17, 15) is 9.90 Å². The Morgan fingerprint density at radius 1 is 1.75 bits per heavy atom. The van der Waals surface area contributed by atoms with Gasteiger partial charge in [0.2, 0.25) is 5.91 Å². The summed E-state index contributed by atoms with van der Waals surface area (Å²) < 4.78 is 2.03. The molecule has 16 heavy (non-hydrogen) atoms. The number of aryl methyl sites for hydroxylation is 2. The van der Waals surface area contributed by atoms with E-state index in [0.717, 1.165) is 24.2 Å². The second-order valence-electron chi connectivity index (χ2n) is 4.18. The van der Waals surface area contributed by atoms with E-state index in [1.54, 1.807) is 0 Å². The van der Waals surface area contributed by atoms with Crippen LogP contribution in [0, 0.1) is 6.92 Å². The van der Waals surface area contributed by atoms with Gasteiger partial charge in [-0.25, -0.2) is 0 Å². The molecular formula is C11H15ClN2O2. The number of fused-ring (bicyclic) bond motifs is 1. The van der Waals surface area contributed by atoms with Crippen LogP contribution in [-0.2, 0) is 11.3 Å². The molecular weight excluding hydrogens is 228 g/mol. The molecule has 0 aliphatic carbocycles. The van der Waals surface area contributed by atoms with Gasteiger partial charge in [-0.15, -0.1) is 11.6 Å². The Balaban J connectivity index is 2.14. The van der Waals surface area contributed by atoms with E-state index in [-0.39, 0.29) is 17.8 Å². The lowest BCUT2D eigenvalue weighted by Crippen LogP contribution is -2.43. The van der Waals surface area contributed by atoms with Gasteiger partial charge in [0.25, 0.3) is 0 Å². The Morgan fingerprint density at radius 3 is 3.19 bits per heavy atom. The van der Waals surface area contributed by atoms with Gasteiger partial charge in [-0.05, 0) is 25.0 Å². The summed E-state index contributed by atoms with van der Waals surface area (Å²) in [6.07, 6.45) is 2.10. The predicted octanol–water partition coefficient (Wildman–Crippen LogP) is 0.957. The topological polar surface area (TPSA) is 54.3 Å². The van der Waals surface area contributed by atoms with Crippen LogP contribution in [0.4, 0.5) is 0 Å². The van der Waals surface area contributed by atoms with E-state index in [2.05, 4.69) is 5.32 Å². The van der Waals surface area contributed by atoms with Crippen molar-refractivity contribution in [2.75, 3.05) is 5.88 Å². The molecule has 1 aromatic heterocycles. The first-order chi connectivity index (χ1) is 7.61. The first kappa shape index (κ1) is 11.5. The number of nitrogens with one attached hydrogen (secondary N) is 1. The van der Waals surface area contributed by atoms with Crippen molar-refractivity contribution in [1.29, 1.82) is 0 Å². The number of aromatic nitrogens is 1. The van der Waals surface area contributed by atoms with E-state index in [1.807, 2.05) is 23.8 Å². The van der Waals surface area contributed by atoms with Crippen LogP contribution in [0.1, 0.15) is 23.8 Å². The minimum absolute atomic E-state index is 0.0662. The molecule has 0 aromatic carbocycles. The molecule has 88 valence electrons. The normalized spacial score (nSPS) is 23.9. The first-order valence-corrected chi connectivity index (χ1v) is 5.85. The standard InChI is InChI=1S/C11H15ClN2O2/c1-7-4-9-11(16)8(13-10(15)5-12)2-3-14(9)6-7/h4,6,8,11,16H,2-3,5H2,1H3,(H,13,15). The van der Waals surface area contributed by atoms with Gasteiger partial charge in [0.05, 0.1) is 6.04 Å². The van der Waals surface area contributed by atoms with Crippen molar-refractivity contribution in [3.05, 3.63) is 23.5 Å². The molecule has 4 nitrogen and oxygen atoms in total. The van der Waals surface area contributed by atoms with E-state index < -0.39 is 6.10 Å². The number of hydrogen-bond acceptors (Lipinski definition) is 2. The zero-order chi connectivity index (χ0) is 11.7. The molecule has 2 rings (SSSR count). The summed E-state index contributed by atoms with van der Waals surface area (Å²) in [6, 6.07) is 1.72. The monoisotopic (exact) mass is 242 g/mol. The number of nitrogens with zero attached hydrogens (tertiary/aromatic N) is 1. The molecule has 0 spiro atoms. The van der Waals surface area contributed by atoms with Crippen molar-refractivity contribution in [3.8, 4) is 0 Å². The highest BCUT2D eigenvalue weighted by molar-refractivity contribution is 6.27. The molecule has 5 heteroatoms. The molecule has 2 heterocycles. The third-order valence-electron chi connectivity index (χ3n) is 2.90. The van der Waals surface area contributed by atoms with Gasteiger partial charge in [-0.1, -0.05) is 0 Å². The Bertz CT molecular complexity index is 403. The van der Waals surface area contributed by atoms with E-state index in [0.29, 0.717) is 0 Å². The molecule has 1 aliphatic rings. The quantitative estimate of drug-likeness (QED) is 0.759. The van der Waals surface area contributed by atoms with Crippen molar-refractivity contribution in [1.82, 2.24) is 9.88 Å². The van der Waals surface area contributed by atoms with E-state index >= 15 is 0 Å². The average Bonchev–Trinajstić information content (AvgIpc) is 2.64. The Kier molecular flexibility index (Phi) is 3.21. The molecule has 2 unspecified atom stereocenters. The number of aliphatic hydroxyl groups excluding tert-OH is 1. The lowest BCUT2D eigenvalue weighted by Gasteiger charge is -2.30. The summed E-state index contributed by atoms with van der Waals surface area (Å²) in [7, 11) is 0. The highest BCUT2D eigenvalue weighted by Gasteiger charge is 2.29. The summed E-state index contributed by atoms with van der Waals surface area (Å²) >= 11 is 5.42. The minimum atomic E-state index is -0.644. The second kappa shape index (κ2) is 4.47. The van der Waals surface area contributed by atoms with E-state index in [4.69, 9.17) is 11.6 Å². The van der Waals surface area contributed by atoms with Crippen LogP contribution in [-0.4, -0.2) is 27.5 Å². The number of halogens is 1. The largest absolute Gasteiger partial charge is 0.385 e. The SMILES string of the molecule is Cc1cc2n(c1)CCC(NC(=O)CCl)C2O. The number of carbonyl (C=O) groups is 1. The van der Waals surface area contributed by atoms with Crippen LogP contribution in [0.3, 0.4) is 0 Å². The highest BCUT2D eigenvalue weighted by atomic mass is 35.5. The van der Waals surface area contributed by atoms with Gasteiger partial charge in [0.15, 0.2) is 0 Å². The lowest BCUT2D eigenvalue weighted by atomic mass is 10.0.